The number of sulfonamides is 1. The van der Waals surface area contributed by atoms with Gasteiger partial charge in [0, 0.05) is 20.3 Å². The molecular formula is C12H15N5O3S. The molecule has 0 aliphatic carbocycles. The van der Waals surface area contributed by atoms with Gasteiger partial charge in [0.05, 0.1) is 18.9 Å². The molecule has 0 fully saturated rings. The average molecular weight is 309 g/mol. The zero-order valence-electron chi connectivity index (χ0n) is 11.6. The molecule has 9 heteroatoms. The van der Waals surface area contributed by atoms with Gasteiger partial charge in [-0.15, -0.1) is 0 Å². The van der Waals surface area contributed by atoms with Crippen molar-refractivity contribution in [2.45, 2.75) is 4.90 Å². The lowest BCUT2D eigenvalue weighted by Crippen LogP contribution is -2.36. The topological polar surface area (TPSA) is 97.2 Å². The number of carbonyl (C=O) groups is 1. The minimum absolute atomic E-state index is 0.0280. The Labute approximate surface area is 122 Å². The molecule has 0 saturated carbocycles. The molecule has 0 atom stereocenters. The van der Waals surface area contributed by atoms with E-state index in [9.17, 15) is 13.2 Å². The van der Waals surface area contributed by atoms with Crippen LogP contribution in [0.4, 0.5) is 0 Å². The number of pyridine rings is 1. The van der Waals surface area contributed by atoms with Gasteiger partial charge in [0.25, 0.3) is 0 Å². The van der Waals surface area contributed by atoms with E-state index in [-0.39, 0.29) is 17.3 Å². The van der Waals surface area contributed by atoms with Gasteiger partial charge in [0.2, 0.25) is 15.9 Å². The number of rotatable bonds is 5. The van der Waals surface area contributed by atoms with Crippen LogP contribution in [0.1, 0.15) is 0 Å². The summed E-state index contributed by atoms with van der Waals surface area (Å²) in [6.07, 6.45) is 4.13. The van der Waals surface area contributed by atoms with Crippen molar-refractivity contribution in [2.75, 3.05) is 20.6 Å². The molecule has 2 heterocycles. The maximum Gasteiger partial charge on any atom is 0.244 e. The zero-order chi connectivity index (χ0) is 15.5. The average Bonchev–Trinajstić information content (AvgIpc) is 2.96. The highest BCUT2D eigenvalue weighted by Crippen LogP contribution is 2.10. The number of hydrogen-bond acceptors (Lipinski definition) is 5. The van der Waals surface area contributed by atoms with Gasteiger partial charge >= 0.3 is 0 Å². The Morgan fingerprint density at radius 2 is 2.14 bits per heavy atom. The Bertz CT molecular complexity index is 724. The number of amides is 1. The van der Waals surface area contributed by atoms with Crippen LogP contribution in [-0.4, -0.2) is 54.6 Å². The molecule has 0 unspecified atom stereocenters. The predicted molar refractivity (Wildman–Crippen MR) is 75.2 cm³/mol. The minimum Gasteiger partial charge on any atom is -0.348 e. The summed E-state index contributed by atoms with van der Waals surface area (Å²) in [5, 5.41) is 3.95. The second-order valence-electron chi connectivity index (χ2n) is 4.42. The third kappa shape index (κ3) is 3.64. The van der Waals surface area contributed by atoms with E-state index in [1.807, 2.05) is 0 Å². The fourth-order valence-electron chi connectivity index (χ4n) is 1.46. The van der Waals surface area contributed by atoms with E-state index in [0.29, 0.717) is 5.82 Å². The first-order valence-electron chi connectivity index (χ1n) is 6.06. The number of nitrogens with one attached hydrogen (secondary N) is 1. The van der Waals surface area contributed by atoms with Crippen LogP contribution in [0.25, 0.3) is 5.82 Å². The van der Waals surface area contributed by atoms with Crippen LogP contribution >= 0.6 is 0 Å². The first-order valence-corrected chi connectivity index (χ1v) is 7.54. The molecular weight excluding hydrogens is 294 g/mol. The highest BCUT2D eigenvalue weighted by molar-refractivity contribution is 7.89. The molecule has 2 aromatic rings. The lowest BCUT2D eigenvalue weighted by atomic mass is 10.5. The summed E-state index contributed by atoms with van der Waals surface area (Å²) in [7, 11) is -0.682. The third-order valence-electron chi connectivity index (χ3n) is 2.67. The van der Waals surface area contributed by atoms with E-state index < -0.39 is 10.0 Å². The first-order chi connectivity index (χ1) is 9.90. The van der Waals surface area contributed by atoms with E-state index in [1.165, 1.54) is 22.0 Å². The summed E-state index contributed by atoms with van der Waals surface area (Å²) in [5.41, 5.74) is 0. The second-order valence-corrected chi connectivity index (χ2v) is 6.19. The molecule has 0 aromatic carbocycles. The van der Waals surface area contributed by atoms with Gasteiger partial charge in [0.15, 0.2) is 5.82 Å². The van der Waals surface area contributed by atoms with Crippen LogP contribution in [-0.2, 0) is 14.8 Å². The van der Waals surface area contributed by atoms with Gasteiger partial charge in [-0.2, -0.15) is 5.10 Å². The molecule has 1 N–H and O–H groups in total. The van der Waals surface area contributed by atoms with Crippen molar-refractivity contribution in [1.29, 1.82) is 0 Å². The Kier molecular flexibility index (Phi) is 4.34. The summed E-state index contributed by atoms with van der Waals surface area (Å²) in [6.45, 7) is -0.301. The van der Waals surface area contributed by atoms with Crippen LogP contribution < -0.4 is 4.72 Å². The summed E-state index contributed by atoms with van der Waals surface area (Å²) in [5.74, 6) is 0.166. The van der Waals surface area contributed by atoms with Crippen molar-refractivity contribution < 1.29 is 13.2 Å². The van der Waals surface area contributed by atoms with Crippen LogP contribution in [0.3, 0.4) is 0 Å². The molecule has 0 radical (unpaired) electrons. The number of likely N-dealkylation sites (N-methyl/N-ethyl adjacent to an activating group) is 1. The molecule has 0 aliphatic heterocycles. The molecule has 2 rings (SSSR count). The van der Waals surface area contributed by atoms with Crippen LogP contribution in [0, 0.1) is 0 Å². The van der Waals surface area contributed by atoms with Gasteiger partial charge in [0.1, 0.15) is 4.90 Å². The zero-order valence-corrected chi connectivity index (χ0v) is 12.4. The van der Waals surface area contributed by atoms with E-state index in [1.54, 1.807) is 38.5 Å². The van der Waals surface area contributed by atoms with E-state index >= 15 is 0 Å². The van der Waals surface area contributed by atoms with Crippen molar-refractivity contribution in [2.24, 2.45) is 0 Å². The largest absolute Gasteiger partial charge is 0.348 e. The second kappa shape index (κ2) is 6.02. The van der Waals surface area contributed by atoms with Crippen molar-refractivity contribution in [3.63, 3.8) is 0 Å². The molecule has 0 spiro atoms. The number of hydrogen-bond donors (Lipinski definition) is 1. The molecule has 0 bridgehead atoms. The highest BCUT2D eigenvalue weighted by Gasteiger charge is 2.18. The molecule has 0 aliphatic rings. The summed E-state index contributed by atoms with van der Waals surface area (Å²) >= 11 is 0. The maximum atomic E-state index is 12.0. The Hall–Kier alpha value is -2.26. The number of carbonyl (C=O) groups excluding carboxylic acids is 1. The first kappa shape index (κ1) is 15.1. The van der Waals surface area contributed by atoms with Gasteiger partial charge < -0.3 is 4.90 Å². The summed E-state index contributed by atoms with van der Waals surface area (Å²) < 4.78 is 27.7. The Morgan fingerprint density at radius 3 is 2.76 bits per heavy atom. The van der Waals surface area contributed by atoms with E-state index in [4.69, 9.17) is 0 Å². The molecule has 21 heavy (non-hydrogen) atoms. The predicted octanol–water partition coefficient (Wildman–Crippen LogP) is -0.366. The quantitative estimate of drug-likeness (QED) is 0.813. The normalized spacial score (nSPS) is 11.3. The Morgan fingerprint density at radius 1 is 1.38 bits per heavy atom. The highest BCUT2D eigenvalue weighted by atomic mass is 32.2. The summed E-state index contributed by atoms with van der Waals surface area (Å²) in [6, 6.07) is 5.22. The van der Waals surface area contributed by atoms with Crippen molar-refractivity contribution in [1.82, 2.24) is 24.4 Å². The standard InChI is InChI=1S/C12H15N5O3S/c1-16(2)12(18)8-15-21(19,20)10-7-14-17(9-10)11-5-3-4-6-13-11/h3-7,9,15H,8H2,1-2H3. The van der Waals surface area contributed by atoms with Gasteiger partial charge in [-0.3, -0.25) is 4.79 Å². The van der Waals surface area contributed by atoms with E-state index in [2.05, 4.69) is 14.8 Å². The molecule has 2 aromatic heterocycles. The third-order valence-corrected chi connectivity index (χ3v) is 4.02. The Balaban J connectivity index is 2.15. The monoisotopic (exact) mass is 309 g/mol. The summed E-state index contributed by atoms with van der Waals surface area (Å²) in [4.78, 5) is 16.8. The van der Waals surface area contributed by atoms with Gasteiger partial charge in [-0.1, -0.05) is 6.07 Å². The van der Waals surface area contributed by atoms with E-state index in [0.717, 1.165) is 0 Å². The smallest absolute Gasteiger partial charge is 0.244 e. The van der Waals surface area contributed by atoms with Crippen LogP contribution in [0.5, 0.6) is 0 Å². The SMILES string of the molecule is CN(C)C(=O)CNS(=O)(=O)c1cnn(-c2ccccn2)c1. The van der Waals surface area contributed by atoms with Crippen LogP contribution in [0.15, 0.2) is 41.7 Å². The van der Waals surface area contributed by atoms with Crippen molar-refractivity contribution in [3.8, 4) is 5.82 Å². The molecule has 1 amide bonds. The lowest BCUT2D eigenvalue weighted by molar-refractivity contribution is -0.127. The number of aromatic nitrogens is 3. The molecule has 112 valence electrons. The van der Waals surface area contributed by atoms with Gasteiger partial charge in [-0.05, 0) is 12.1 Å². The van der Waals surface area contributed by atoms with Crippen LogP contribution in [0.2, 0.25) is 0 Å². The maximum absolute atomic E-state index is 12.0. The fraction of sp³-hybridized carbons (Fsp3) is 0.250. The fourth-order valence-corrected chi connectivity index (χ4v) is 2.36. The number of nitrogens with zero attached hydrogens (tertiary/aromatic N) is 4. The van der Waals surface area contributed by atoms with Crippen molar-refractivity contribution in [3.05, 3.63) is 36.8 Å². The molecule has 0 saturated heterocycles. The van der Waals surface area contributed by atoms with Crippen molar-refractivity contribution >= 4 is 15.9 Å². The van der Waals surface area contributed by atoms with Gasteiger partial charge in [-0.25, -0.2) is 22.8 Å². The minimum atomic E-state index is -3.78. The lowest BCUT2D eigenvalue weighted by Gasteiger charge is -2.10. The molecule has 8 nitrogen and oxygen atoms in total.